The first kappa shape index (κ1) is 20.0. The highest BCUT2D eigenvalue weighted by molar-refractivity contribution is 5.31. The van der Waals surface area contributed by atoms with Crippen LogP contribution in [0.25, 0.3) is 0 Å². The summed E-state index contributed by atoms with van der Waals surface area (Å²) in [4.78, 5) is 5.50. The van der Waals surface area contributed by atoms with Crippen LogP contribution in [0.1, 0.15) is 64.2 Å². The summed E-state index contributed by atoms with van der Waals surface area (Å²) in [5.74, 6) is 1.00. The SMILES string of the molecule is OC1CN2CCCCC=CCCC3=CC4CN5CCCCC=CCCC(C2)(C14)C35. The van der Waals surface area contributed by atoms with Gasteiger partial charge in [-0.15, -0.1) is 0 Å². The van der Waals surface area contributed by atoms with Crippen molar-refractivity contribution in [1.82, 2.24) is 9.80 Å². The minimum atomic E-state index is -0.159. The molecule has 160 valence electrons. The van der Waals surface area contributed by atoms with Gasteiger partial charge in [-0.25, -0.2) is 0 Å². The van der Waals surface area contributed by atoms with Gasteiger partial charge in [-0.3, -0.25) is 4.90 Å². The third-order valence-corrected chi connectivity index (χ3v) is 8.51. The van der Waals surface area contributed by atoms with Crippen molar-refractivity contribution in [3.05, 3.63) is 36.0 Å². The van der Waals surface area contributed by atoms with Crippen LogP contribution in [0.15, 0.2) is 36.0 Å². The van der Waals surface area contributed by atoms with Gasteiger partial charge < -0.3 is 10.0 Å². The predicted octanol–water partition coefficient (Wildman–Crippen LogP) is 4.55. The van der Waals surface area contributed by atoms with E-state index >= 15 is 0 Å². The third-order valence-electron chi connectivity index (χ3n) is 8.51. The van der Waals surface area contributed by atoms with Crippen LogP contribution in [-0.2, 0) is 0 Å². The Morgan fingerprint density at radius 3 is 2.48 bits per heavy atom. The Kier molecular flexibility index (Phi) is 6.00. The normalized spacial score (nSPS) is 45.5. The molecule has 1 spiro atoms. The highest BCUT2D eigenvalue weighted by atomic mass is 16.3. The van der Waals surface area contributed by atoms with Gasteiger partial charge in [-0.1, -0.05) is 36.0 Å². The molecule has 1 aliphatic carbocycles. The fourth-order valence-electron chi connectivity index (χ4n) is 7.55. The quantitative estimate of drug-likeness (QED) is 0.609. The summed E-state index contributed by atoms with van der Waals surface area (Å²) in [6.07, 6.45) is 24.7. The summed E-state index contributed by atoms with van der Waals surface area (Å²) in [7, 11) is 0. The van der Waals surface area contributed by atoms with Crippen molar-refractivity contribution in [1.29, 1.82) is 0 Å². The molecule has 0 aromatic heterocycles. The summed E-state index contributed by atoms with van der Waals surface area (Å²) < 4.78 is 0. The summed E-state index contributed by atoms with van der Waals surface area (Å²) in [5, 5.41) is 11.4. The highest BCUT2D eigenvalue weighted by Gasteiger charge is 2.61. The molecule has 0 radical (unpaired) electrons. The number of hydrogen-bond acceptors (Lipinski definition) is 3. The number of nitrogens with zero attached hydrogens (tertiary/aromatic N) is 2. The molecule has 29 heavy (non-hydrogen) atoms. The Morgan fingerprint density at radius 1 is 0.862 bits per heavy atom. The maximum atomic E-state index is 11.4. The molecule has 3 heteroatoms. The largest absolute Gasteiger partial charge is 0.391 e. The van der Waals surface area contributed by atoms with Crippen molar-refractivity contribution in [3.63, 3.8) is 0 Å². The second-order valence-corrected chi connectivity index (χ2v) is 10.4. The maximum Gasteiger partial charge on any atom is 0.0707 e. The van der Waals surface area contributed by atoms with Crippen LogP contribution in [0.2, 0.25) is 0 Å². The van der Waals surface area contributed by atoms with E-state index in [0.29, 0.717) is 17.9 Å². The molecule has 6 bridgehead atoms. The van der Waals surface area contributed by atoms with Crippen LogP contribution in [0.3, 0.4) is 0 Å². The molecule has 2 saturated heterocycles. The lowest BCUT2D eigenvalue weighted by molar-refractivity contribution is -0.160. The van der Waals surface area contributed by atoms with Crippen LogP contribution in [-0.4, -0.2) is 59.8 Å². The van der Waals surface area contributed by atoms with E-state index in [1.165, 1.54) is 83.8 Å². The molecule has 0 saturated carbocycles. The average molecular weight is 397 g/mol. The third kappa shape index (κ3) is 3.79. The molecule has 0 amide bonds. The maximum absolute atomic E-state index is 11.4. The van der Waals surface area contributed by atoms with Crippen LogP contribution in [0.5, 0.6) is 0 Å². The Morgan fingerprint density at radius 2 is 1.62 bits per heavy atom. The molecule has 7 unspecified atom stereocenters. The zero-order chi connectivity index (χ0) is 19.7. The Hall–Kier alpha value is -0.900. The van der Waals surface area contributed by atoms with Gasteiger partial charge in [0.15, 0.2) is 0 Å². The Bertz CT molecular complexity index is 668. The van der Waals surface area contributed by atoms with Crippen molar-refractivity contribution in [3.8, 4) is 0 Å². The first-order valence-electron chi connectivity index (χ1n) is 12.4. The van der Waals surface area contributed by atoms with Gasteiger partial charge in [-0.2, -0.15) is 0 Å². The van der Waals surface area contributed by atoms with Gasteiger partial charge in [0.05, 0.1) is 6.10 Å². The highest BCUT2D eigenvalue weighted by Crippen LogP contribution is 2.57. The smallest absolute Gasteiger partial charge is 0.0707 e. The number of rotatable bonds is 0. The predicted molar refractivity (Wildman–Crippen MR) is 120 cm³/mol. The van der Waals surface area contributed by atoms with Crippen molar-refractivity contribution < 1.29 is 5.11 Å². The molecule has 3 nitrogen and oxygen atoms in total. The standard InChI is InChI=1S/C26H40N2O/c29-23-19-27-15-11-7-3-1-5-9-13-21-17-22-18-28-16-12-8-4-2-6-10-14-26(20-27,24(22)23)25(21)28/h1-2,5-6,17,22-25,29H,3-4,7-16,18-20H2. The number of allylic oxidation sites excluding steroid dienone is 4. The summed E-state index contributed by atoms with van der Waals surface area (Å²) in [6.45, 7) is 5.68. The summed E-state index contributed by atoms with van der Waals surface area (Å²) >= 11 is 0. The molecule has 5 heterocycles. The fourth-order valence-corrected chi connectivity index (χ4v) is 7.55. The summed E-state index contributed by atoms with van der Waals surface area (Å²) in [5.41, 5.74) is 1.94. The van der Waals surface area contributed by atoms with Gasteiger partial charge >= 0.3 is 0 Å². The van der Waals surface area contributed by atoms with Crippen molar-refractivity contribution in [2.45, 2.75) is 76.4 Å². The zero-order valence-corrected chi connectivity index (χ0v) is 18.1. The molecule has 6 rings (SSSR count). The first-order chi connectivity index (χ1) is 14.3. The lowest BCUT2D eigenvalue weighted by Crippen LogP contribution is -2.72. The van der Waals surface area contributed by atoms with Gasteiger partial charge in [-0.05, 0) is 83.2 Å². The minimum Gasteiger partial charge on any atom is -0.391 e. The Balaban J connectivity index is 1.57. The van der Waals surface area contributed by atoms with Gasteiger partial charge in [0.2, 0.25) is 0 Å². The minimum absolute atomic E-state index is 0.159. The van der Waals surface area contributed by atoms with E-state index in [2.05, 4.69) is 40.2 Å². The lowest BCUT2D eigenvalue weighted by Gasteiger charge is -2.65. The molecule has 1 N–H and O–H groups in total. The lowest BCUT2D eigenvalue weighted by atomic mass is 9.51. The van der Waals surface area contributed by atoms with Crippen molar-refractivity contribution >= 4 is 0 Å². The second kappa shape index (κ2) is 8.69. The van der Waals surface area contributed by atoms with Crippen LogP contribution < -0.4 is 0 Å². The molecule has 2 fully saturated rings. The molecule has 7 atom stereocenters. The van der Waals surface area contributed by atoms with E-state index in [0.717, 1.165) is 13.1 Å². The topological polar surface area (TPSA) is 26.7 Å². The molecule has 5 aliphatic heterocycles. The first-order valence-corrected chi connectivity index (χ1v) is 12.4. The van der Waals surface area contributed by atoms with Crippen molar-refractivity contribution in [2.75, 3.05) is 32.7 Å². The van der Waals surface area contributed by atoms with Gasteiger partial charge in [0.1, 0.15) is 0 Å². The number of fused-ring (bicyclic) bond motifs is 1. The Labute approximate surface area is 177 Å². The van der Waals surface area contributed by atoms with E-state index in [4.69, 9.17) is 0 Å². The van der Waals surface area contributed by atoms with Gasteiger partial charge in [0.25, 0.3) is 0 Å². The number of aliphatic hydroxyl groups is 1. The van der Waals surface area contributed by atoms with Crippen molar-refractivity contribution in [2.24, 2.45) is 17.3 Å². The fraction of sp³-hybridized carbons (Fsp3) is 0.769. The molecule has 6 aliphatic rings. The van der Waals surface area contributed by atoms with Crippen LogP contribution >= 0.6 is 0 Å². The molecule has 0 aromatic carbocycles. The molecule has 0 aromatic rings. The van der Waals surface area contributed by atoms with E-state index in [1.54, 1.807) is 5.57 Å². The average Bonchev–Trinajstić information content (AvgIpc) is 2.73. The number of piperidine rings is 2. The van der Waals surface area contributed by atoms with Crippen LogP contribution in [0.4, 0.5) is 0 Å². The van der Waals surface area contributed by atoms with E-state index in [-0.39, 0.29) is 11.5 Å². The van der Waals surface area contributed by atoms with Gasteiger partial charge in [0, 0.05) is 37.0 Å². The number of hydrogen-bond donors (Lipinski definition) is 1. The second-order valence-electron chi connectivity index (χ2n) is 10.4. The van der Waals surface area contributed by atoms with E-state index in [9.17, 15) is 5.11 Å². The van der Waals surface area contributed by atoms with E-state index < -0.39 is 0 Å². The van der Waals surface area contributed by atoms with E-state index in [1.807, 2.05) is 0 Å². The zero-order valence-electron chi connectivity index (χ0n) is 18.1. The monoisotopic (exact) mass is 396 g/mol. The molecular weight excluding hydrogens is 356 g/mol. The number of aliphatic hydroxyl groups excluding tert-OH is 1. The van der Waals surface area contributed by atoms with Crippen LogP contribution in [0, 0.1) is 17.3 Å². The molecular formula is C26H40N2O. The summed E-state index contributed by atoms with van der Waals surface area (Å²) in [6, 6.07) is 0.551.